The van der Waals surface area contributed by atoms with E-state index >= 15 is 0 Å². The van der Waals surface area contributed by atoms with Crippen LogP contribution in [0.2, 0.25) is 0 Å². The van der Waals surface area contributed by atoms with Gasteiger partial charge in [0.25, 0.3) is 0 Å². The van der Waals surface area contributed by atoms with Gasteiger partial charge in [0.1, 0.15) is 12.4 Å². The van der Waals surface area contributed by atoms with Crippen LogP contribution in [0, 0.1) is 17.5 Å². The van der Waals surface area contributed by atoms with Gasteiger partial charge in [-0.25, -0.2) is 22.8 Å². The molecule has 0 saturated heterocycles. The number of benzene rings is 2. The third-order valence-corrected chi connectivity index (χ3v) is 4.05. The van der Waals surface area contributed by atoms with Crippen molar-refractivity contribution in [2.45, 2.75) is 39.2 Å². The van der Waals surface area contributed by atoms with E-state index < -0.39 is 36.0 Å². The maximum atomic E-state index is 13.6. The van der Waals surface area contributed by atoms with Crippen molar-refractivity contribution in [2.24, 2.45) is 0 Å². The molecule has 0 aliphatic heterocycles. The van der Waals surface area contributed by atoms with E-state index in [1.807, 2.05) is 0 Å². The molecule has 0 radical (unpaired) electrons. The van der Waals surface area contributed by atoms with Gasteiger partial charge in [-0.3, -0.25) is 0 Å². The maximum absolute atomic E-state index is 13.6. The Morgan fingerprint density at radius 2 is 1.43 bits per heavy atom. The van der Waals surface area contributed by atoms with Crippen LogP contribution in [-0.4, -0.2) is 18.5 Å². The molecule has 0 N–H and O–H groups in total. The fraction of sp³-hybridized carbons (Fsp3) is 0.333. The van der Waals surface area contributed by atoms with E-state index in [4.69, 9.17) is 9.47 Å². The van der Waals surface area contributed by atoms with E-state index in [-0.39, 0.29) is 23.3 Å². The molecule has 0 spiro atoms. The Balaban J connectivity index is 2.02. The van der Waals surface area contributed by atoms with Gasteiger partial charge in [-0.1, -0.05) is 38.3 Å². The summed E-state index contributed by atoms with van der Waals surface area (Å²) in [5, 5.41) is 0. The van der Waals surface area contributed by atoms with E-state index in [1.165, 1.54) is 18.2 Å². The number of carbonyl (C=O) groups is 2. The van der Waals surface area contributed by atoms with Crippen molar-refractivity contribution < 1.29 is 32.2 Å². The Kier molecular flexibility index (Phi) is 8.04. The molecular formula is C21H21F3O4. The van der Waals surface area contributed by atoms with Gasteiger partial charge in [-0.15, -0.1) is 0 Å². The number of carbonyl (C=O) groups excluding carboxylic acids is 2. The molecule has 28 heavy (non-hydrogen) atoms. The van der Waals surface area contributed by atoms with Crippen molar-refractivity contribution in [1.82, 2.24) is 0 Å². The zero-order valence-electron chi connectivity index (χ0n) is 15.5. The summed E-state index contributed by atoms with van der Waals surface area (Å²) in [6.45, 7) is 1.70. The monoisotopic (exact) mass is 394 g/mol. The largest absolute Gasteiger partial charge is 0.462 e. The number of hydrogen-bond donors (Lipinski definition) is 0. The van der Waals surface area contributed by atoms with Crippen molar-refractivity contribution in [2.75, 3.05) is 6.61 Å². The average molecular weight is 394 g/mol. The van der Waals surface area contributed by atoms with Crippen LogP contribution < -0.4 is 0 Å². The van der Waals surface area contributed by atoms with Gasteiger partial charge in [0, 0.05) is 11.6 Å². The summed E-state index contributed by atoms with van der Waals surface area (Å²) < 4.78 is 50.0. The van der Waals surface area contributed by atoms with Crippen LogP contribution >= 0.6 is 0 Å². The molecule has 0 aromatic heterocycles. The van der Waals surface area contributed by atoms with Gasteiger partial charge >= 0.3 is 11.9 Å². The fourth-order valence-corrected chi connectivity index (χ4v) is 2.51. The molecule has 150 valence electrons. The predicted molar refractivity (Wildman–Crippen MR) is 96.3 cm³/mol. The summed E-state index contributed by atoms with van der Waals surface area (Å²) in [6.07, 6.45) is 3.76. The van der Waals surface area contributed by atoms with E-state index in [2.05, 4.69) is 6.92 Å². The third kappa shape index (κ3) is 5.84. The van der Waals surface area contributed by atoms with Gasteiger partial charge in [0.15, 0.2) is 11.6 Å². The van der Waals surface area contributed by atoms with Crippen molar-refractivity contribution in [3.63, 3.8) is 0 Å². The Bertz CT molecular complexity index is 836. The lowest BCUT2D eigenvalue weighted by Crippen LogP contribution is -2.15. The summed E-state index contributed by atoms with van der Waals surface area (Å²) in [5.41, 5.74) is -0.346. The highest BCUT2D eigenvalue weighted by molar-refractivity contribution is 6.03. The minimum Gasteiger partial charge on any atom is -0.462 e. The molecule has 0 heterocycles. The SMILES string of the molecule is CCCCCCOC(=O)c1ccccc1C(=O)OCc1cc(F)c(F)cc1F. The van der Waals surface area contributed by atoms with Crippen molar-refractivity contribution in [3.05, 3.63) is 70.5 Å². The second-order valence-electron chi connectivity index (χ2n) is 6.18. The minimum absolute atomic E-state index is 0.0220. The van der Waals surface area contributed by atoms with Crippen LogP contribution in [0.15, 0.2) is 36.4 Å². The van der Waals surface area contributed by atoms with Gasteiger partial charge in [0.2, 0.25) is 0 Å². The number of unbranched alkanes of at least 4 members (excludes halogenated alkanes) is 3. The lowest BCUT2D eigenvalue weighted by atomic mass is 10.1. The Morgan fingerprint density at radius 3 is 2.07 bits per heavy atom. The van der Waals surface area contributed by atoms with Crippen LogP contribution in [-0.2, 0) is 16.1 Å². The highest BCUT2D eigenvalue weighted by atomic mass is 19.2. The first-order valence-corrected chi connectivity index (χ1v) is 9.00. The smallest absolute Gasteiger partial charge is 0.339 e. The molecule has 7 heteroatoms. The fourth-order valence-electron chi connectivity index (χ4n) is 2.51. The molecule has 0 saturated carbocycles. The van der Waals surface area contributed by atoms with Crippen molar-refractivity contribution in [1.29, 1.82) is 0 Å². The van der Waals surface area contributed by atoms with Gasteiger partial charge in [-0.05, 0) is 24.6 Å². The molecule has 0 bridgehead atoms. The topological polar surface area (TPSA) is 52.6 Å². The Hall–Kier alpha value is -2.83. The zero-order chi connectivity index (χ0) is 20.5. The average Bonchev–Trinajstić information content (AvgIpc) is 2.69. The summed E-state index contributed by atoms with van der Waals surface area (Å²) >= 11 is 0. The molecule has 0 aliphatic carbocycles. The maximum Gasteiger partial charge on any atom is 0.339 e. The molecule has 0 atom stereocenters. The first-order valence-electron chi connectivity index (χ1n) is 9.00. The van der Waals surface area contributed by atoms with Crippen LogP contribution in [0.25, 0.3) is 0 Å². The van der Waals surface area contributed by atoms with Gasteiger partial charge in [0.05, 0.1) is 17.7 Å². The number of halogens is 3. The quantitative estimate of drug-likeness (QED) is 0.333. The minimum atomic E-state index is -1.33. The highest BCUT2D eigenvalue weighted by Crippen LogP contribution is 2.17. The first kappa shape index (κ1) is 21.5. The Morgan fingerprint density at radius 1 is 0.821 bits per heavy atom. The number of esters is 2. The molecule has 4 nitrogen and oxygen atoms in total. The standard InChI is InChI=1S/C21H21F3O4/c1-2-3-4-7-10-27-20(25)15-8-5-6-9-16(15)21(26)28-13-14-11-18(23)19(24)12-17(14)22/h5-6,8-9,11-12H,2-4,7,10,13H2,1H3. The number of hydrogen-bond acceptors (Lipinski definition) is 4. The van der Waals surface area contributed by atoms with Crippen LogP contribution in [0.3, 0.4) is 0 Å². The van der Waals surface area contributed by atoms with Gasteiger partial charge in [-0.2, -0.15) is 0 Å². The molecule has 0 unspecified atom stereocenters. The number of rotatable bonds is 9. The molecule has 2 aromatic rings. The summed E-state index contributed by atoms with van der Waals surface area (Å²) in [7, 11) is 0. The van der Waals surface area contributed by atoms with Gasteiger partial charge < -0.3 is 9.47 Å². The van der Waals surface area contributed by atoms with E-state index in [1.54, 1.807) is 6.07 Å². The van der Waals surface area contributed by atoms with E-state index in [0.29, 0.717) is 12.1 Å². The third-order valence-electron chi connectivity index (χ3n) is 4.05. The lowest BCUT2D eigenvalue weighted by Gasteiger charge is -2.10. The van der Waals surface area contributed by atoms with E-state index in [0.717, 1.165) is 25.7 Å². The van der Waals surface area contributed by atoms with Crippen LogP contribution in [0.5, 0.6) is 0 Å². The second-order valence-corrected chi connectivity index (χ2v) is 6.18. The molecule has 2 rings (SSSR count). The highest BCUT2D eigenvalue weighted by Gasteiger charge is 2.20. The van der Waals surface area contributed by atoms with Crippen molar-refractivity contribution >= 4 is 11.9 Å². The lowest BCUT2D eigenvalue weighted by molar-refractivity contribution is 0.0433. The second kappa shape index (κ2) is 10.5. The van der Waals surface area contributed by atoms with Crippen LogP contribution in [0.4, 0.5) is 13.2 Å². The predicted octanol–water partition coefficient (Wildman–Crippen LogP) is 5.20. The zero-order valence-corrected chi connectivity index (χ0v) is 15.5. The summed E-state index contributed by atoms with van der Waals surface area (Å²) in [5.74, 6) is -5.18. The normalized spacial score (nSPS) is 10.6. The molecular weight excluding hydrogens is 373 g/mol. The first-order chi connectivity index (χ1) is 13.4. The molecule has 0 aliphatic rings. The molecule has 2 aromatic carbocycles. The van der Waals surface area contributed by atoms with Crippen LogP contribution in [0.1, 0.15) is 58.9 Å². The molecule has 0 fully saturated rings. The summed E-state index contributed by atoms with van der Waals surface area (Å²) in [4.78, 5) is 24.5. The molecule has 0 amide bonds. The summed E-state index contributed by atoms with van der Waals surface area (Å²) in [6, 6.07) is 6.89. The van der Waals surface area contributed by atoms with Crippen molar-refractivity contribution in [3.8, 4) is 0 Å². The van der Waals surface area contributed by atoms with E-state index in [9.17, 15) is 22.8 Å². The Labute approximate surface area is 161 Å². The number of ether oxygens (including phenoxy) is 2.